The number of carbonyl (C=O) groups is 2. The molecule has 2 amide bonds. The quantitative estimate of drug-likeness (QED) is 0.704. The van der Waals surface area contributed by atoms with E-state index in [1.165, 1.54) is 6.33 Å². The maximum Gasteiger partial charge on any atom is 0.321 e. The molecular weight excluding hydrogens is 334 g/mol. The van der Waals surface area contributed by atoms with Crippen LogP contribution in [0.5, 0.6) is 0 Å². The molecule has 1 unspecified atom stereocenters. The summed E-state index contributed by atoms with van der Waals surface area (Å²) >= 11 is 0. The van der Waals surface area contributed by atoms with Crippen molar-refractivity contribution in [3.8, 4) is 0 Å². The second-order valence-electron chi connectivity index (χ2n) is 7.08. The van der Waals surface area contributed by atoms with E-state index in [1.54, 1.807) is 4.68 Å². The highest BCUT2D eigenvalue weighted by molar-refractivity contribution is 5.87. The number of aliphatic carboxylic acids is 1. The van der Waals surface area contributed by atoms with Gasteiger partial charge in [-0.1, -0.05) is 30.3 Å². The Morgan fingerprint density at radius 1 is 1.23 bits per heavy atom. The van der Waals surface area contributed by atoms with E-state index in [-0.39, 0.29) is 18.0 Å². The number of rotatable bonds is 7. The average Bonchev–Trinajstić information content (AvgIpc) is 3.02. The van der Waals surface area contributed by atoms with Crippen molar-refractivity contribution in [3.63, 3.8) is 0 Å². The summed E-state index contributed by atoms with van der Waals surface area (Å²) in [6.07, 6.45) is 2.25. The fraction of sp³-hybridized carbons (Fsp3) is 0.444. The van der Waals surface area contributed by atoms with Crippen molar-refractivity contribution in [1.82, 2.24) is 20.1 Å². The van der Waals surface area contributed by atoms with Crippen molar-refractivity contribution >= 4 is 17.9 Å². The fourth-order valence-electron chi connectivity index (χ4n) is 2.56. The number of benzene rings is 1. The molecule has 0 aliphatic heterocycles. The van der Waals surface area contributed by atoms with E-state index in [4.69, 9.17) is 5.11 Å². The van der Waals surface area contributed by atoms with Gasteiger partial charge in [-0.3, -0.25) is 10.1 Å². The zero-order valence-electron chi connectivity index (χ0n) is 15.3. The predicted octanol–water partition coefficient (Wildman–Crippen LogP) is 2.63. The van der Waals surface area contributed by atoms with Gasteiger partial charge in [-0.2, -0.15) is 10.1 Å². The third-order valence-electron chi connectivity index (χ3n) is 3.78. The van der Waals surface area contributed by atoms with Crippen LogP contribution in [0, 0.1) is 0 Å². The van der Waals surface area contributed by atoms with Gasteiger partial charge in [0.2, 0.25) is 5.95 Å². The predicted molar refractivity (Wildman–Crippen MR) is 98.0 cm³/mol. The molecular formula is C18H25N5O3. The van der Waals surface area contributed by atoms with Crippen LogP contribution in [-0.4, -0.2) is 37.9 Å². The Morgan fingerprint density at radius 3 is 2.54 bits per heavy atom. The molecule has 1 aromatic heterocycles. The first-order chi connectivity index (χ1) is 12.3. The number of carboxylic acids is 1. The molecule has 8 heteroatoms. The number of nitrogens with one attached hydrogen (secondary N) is 2. The molecule has 2 rings (SSSR count). The standard InChI is InChI=1S/C18H25N5O3/c1-18(2,3)23-16(19-12-20-23)22-17(26)21-14(9-10-15(24)25)11-13-7-5-4-6-8-13/h4-8,12,14H,9-11H2,1-3H3,(H,24,25)(H2,19,20,21,22,26). The summed E-state index contributed by atoms with van der Waals surface area (Å²) in [6.45, 7) is 5.86. The first-order valence-electron chi connectivity index (χ1n) is 8.49. The minimum atomic E-state index is -0.891. The molecule has 0 aliphatic rings. The molecule has 1 aromatic carbocycles. The first kappa shape index (κ1) is 19.4. The Labute approximate surface area is 152 Å². The topological polar surface area (TPSA) is 109 Å². The zero-order chi connectivity index (χ0) is 19.2. The highest BCUT2D eigenvalue weighted by Crippen LogP contribution is 2.17. The normalized spacial score (nSPS) is 12.4. The van der Waals surface area contributed by atoms with Crippen LogP contribution < -0.4 is 10.6 Å². The zero-order valence-corrected chi connectivity index (χ0v) is 15.3. The van der Waals surface area contributed by atoms with Crippen LogP contribution in [0.2, 0.25) is 0 Å². The molecule has 0 saturated heterocycles. The molecule has 0 radical (unpaired) electrons. The minimum Gasteiger partial charge on any atom is -0.481 e. The van der Waals surface area contributed by atoms with Crippen molar-refractivity contribution in [1.29, 1.82) is 0 Å². The third-order valence-corrected chi connectivity index (χ3v) is 3.78. The third kappa shape index (κ3) is 5.87. The number of amides is 2. The lowest BCUT2D eigenvalue weighted by atomic mass is 10.0. The van der Waals surface area contributed by atoms with Gasteiger partial charge in [-0.15, -0.1) is 0 Å². The van der Waals surface area contributed by atoms with Crippen molar-refractivity contribution in [2.45, 2.75) is 51.6 Å². The second-order valence-corrected chi connectivity index (χ2v) is 7.08. The van der Waals surface area contributed by atoms with Crippen LogP contribution in [0.25, 0.3) is 0 Å². The van der Waals surface area contributed by atoms with E-state index in [9.17, 15) is 9.59 Å². The number of nitrogens with zero attached hydrogens (tertiary/aromatic N) is 3. The number of urea groups is 1. The molecule has 0 fully saturated rings. The lowest BCUT2D eigenvalue weighted by molar-refractivity contribution is -0.137. The minimum absolute atomic E-state index is 0.0179. The number of anilines is 1. The van der Waals surface area contributed by atoms with Gasteiger partial charge in [0.05, 0.1) is 5.54 Å². The molecule has 3 N–H and O–H groups in total. The van der Waals surface area contributed by atoms with E-state index in [1.807, 2.05) is 51.1 Å². The average molecular weight is 359 g/mol. The summed E-state index contributed by atoms with van der Waals surface area (Å²) in [5.74, 6) is -0.551. The molecule has 0 saturated carbocycles. The molecule has 2 aromatic rings. The lowest BCUT2D eigenvalue weighted by Crippen LogP contribution is -2.40. The monoisotopic (exact) mass is 359 g/mol. The van der Waals surface area contributed by atoms with Gasteiger partial charge in [-0.25, -0.2) is 9.48 Å². The van der Waals surface area contributed by atoms with Crippen molar-refractivity contribution in [2.75, 3.05) is 5.32 Å². The summed E-state index contributed by atoms with van der Waals surface area (Å²) in [5, 5.41) is 18.6. The van der Waals surface area contributed by atoms with Gasteiger partial charge in [0, 0.05) is 12.5 Å². The highest BCUT2D eigenvalue weighted by atomic mass is 16.4. The van der Waals surface area contributed by atoms with Gasteiger partial charge < -0.3 is 10.4 Å². The van der Waals surface area contributed by atoms with E-state index in [0.29, 0.717) is 18.8 Å². The maximum absolute atomic E-state index is 12.4. The second kappa shape index (κ2) is 8.46. The van der Waals surface area contributed by atoms with Crippen LogP contribution in [0.1, 0.15) is 39.2 Å². The molecule has 140 valence electrons. The Kier molecular flexibility index (Phi) is 6.32. The van der Waals surface area contributed by atoms with E-state index >= 15 is 0 Å². The Balaban J connectivity index is 2.03. The molecule has 1 heterocycles. The Hall–Kier alpha value is -2.90. The van der Waals surface area contributed by atoms with Crippen LogP contribution in [0.15, 0.2) is 36.7 Å². The summed E-state index contributed by atoms with van der Waals surface area (Å²) in [7, 11) is 0. The van der Waals surface area contributed by atoms with Gasteiger partial charge in [-0.05, 0) is 39.2 Å². The number of carboxylic acid groups (broad SMARTS) is 1. The number of hydrogen-bond donors (Lipinski definition) is 3. The SMILES string of the molecule is CC(C)(C)n1ncnc1NC(=O)NC(CCC(=O)O)Cc1ccccc1. The van der Waals surface area contributed by atoms with Crippen LogP contribution >= 0.6 is 0 Å². The van der Waals surface area contributed by atoms with Gasteiger partial charge >= 0.3 is 12.0 Å². The lowest BCUT2D eigenvalue weighted by Gasteiger charge is -2.22. The van der Waals surface area contributed by atoms with E-state index < -0.39 is 12.0 Å². The molecule has 0 aliphatic carbocycles. The van der Waals surface area contributed by atoms with Crippen LogP contribution in [0.3, 0.4) is 0 Å². The van der Waals surface area contributed by atoms with Crippen LogP contribution in [-0.2, 0) is 16.8 Å². The smallest absolute Gasteiger partial charge is 0.321 e. The first-order valence-corrected chi connectivity index (χ1v) is 8.49. The van der Waals surface area contributed by atoms with Crippen molar-refractivity contribution in [2.24, 2.45) is 0 Å². The summed E-state index contributed by atoms with van der Waals surface area (Å²) in [6, 6.07) is 8.89. The molecule has 1 atom stereocenters. The number of aromatic nitrogens is 3. The molecule has 0 bridgehead atoms. The summed E-state index contributed by atoms with van der Waals surface area (Å²) < 4.78 is 1.62. The maximum atomic E-state index is 12.4. The Bertz CT molecular complexity index is 737. The van der Waals surface area contributed by atoms with Gasteiger partial charge in [0.15, 0.2) is 0 Å². The number of carbonyl (C=O) groups excluding carboxylic acids is 1. The molecule has 0 spiro atoms. The summed E-state index contributed by atoms with van der Waals surface area (Å²) in [4.78, 5) is 27.4. The molecule has 26 heavy (non-hydrogen) atoms. The largest absolute Gasteiger partial charge is 0.481 e. The highest BCUT2D eigenvalue weighted by Gasteiger charge is 2.21. The van der Waals surface area contributed by atoms with E-state index in [0.717, 1.165) is 5.56 Å². The molecule has 8 nitrogen and oxygen atoms in total. The van der Waals surface area contributed by atoms with Crippen molar-refractivity contribution < 1.29 is 14.7 Å². The summed E-state index contributed by atoms with van der Waals surface area (Å²) in [5.41, 5.74) is 0.701. The van der Waals surface area contributed by atoms with Crippen LogP contribution in [0.4, 0.5) is 10.7 Å². The number of hydrogen-bond acceptors (Lipinski definition) is 4. The van der Waals surface area contributed by atoms with Gasteiger partial charge in [0.25, 0.3) is 0 Å². The van der Waals surface area contributed by atoms with E-state index in [2.05, 4.69) is 20.7 Å². The van der Waals surface area contributed by atoms with Crippen molar-refractivity contribution in [3.05, 3.63) is 42.2 Å². The van der Waals surface area contributed by atoms with Gasteiger partial charge in [0.1, 0.15) is 6.33 Å². The fourth-order valence-corrected chi connectivity index (χ4v) is 2.56. The Morgan fingerprint density at radius 2 is 1.92 bits per heavy atom.